The molecule has 0 aliphatic rings. The van der Waals surface area contributed by atoms with Gasteiger partial charge in [-0.3, -0.25) is 4.79 Å². The van der Waals surface area contributed by atoms with E-state index < -0.39 is 5.91 Å². The van der Waals surface area contributed by atoms with Crippen molar-refractivity contribution in [1.29, 1.82) is 0 Å². The number of nitrogens with zero attached hydrogens (tertiary/aromatic N) is 1. The van der Waals surface area contributed by atoms with Gasteiger partial charge in [0, 0.05) is 10.6 Å². The van der Waals surface area contributed by atoms with Crippen molar-refractivity contribution in [3.05, 3.63) is 46.5 Å². The normalized spacial score (nSPS) is 10.6. The summed E-state index contributed by atoms with van der Waals surface area (Å²) in [5.41, 5.74) is 3.79. The fourth-order valence-corrected chi connectivity index (χ4v) is 2.17. The molecule has 2 N–H and O–H groups in total. The Labute approximate surface area is 156 Å². The van der Waals surface area contributed by atoms with Crippen LogP contribution in [0.5, 0.6) is 23.0 Å². The number of aryl methyl sites for hydroxylation is 1. The van der Waals surface area contributed by atoms with Crippen LogP contribution in [0.1, 0.15) is 11.1 Å². The quantitative estimate of drug-likeness (QED) is 0.571. The number of hydrazone groups is 1. The molecule has 138 valence electrons. The lowest BCUT2D eigenvalue weighted by Gasteiger charge is -2.09. The second-order valence-electron chi connectivity index (χ2n) is 5.27. The molecule has 2 aromatic carbocycles. The van der Waals surface area contributed by atoms with Crippen molar-refractivity contribution in [2.75, 3.05) is 20.8 Å². The molecule has 0 spiro atoms. The van der Waals surface area contributed by atoms with Crippen LogP contribution in [-0.2, 0) is 4.79 Å². The van der Waals surface area contributed by atoms with E-state index in [1.165, 1.54) is 20.4 Å². The average molecular weight is 379 g/mol. The molecule has 0 unspecified atom stereocenters. The average Bonchev–Trinajstić information content (AvgIpc) is 2.63. The first-order chi connectivity index (χ1) is 12.4. The van der Waals surface area contributed by atoms with Crippen LogP contribution in [0.25, 0.3) is 0 Å². The number of methoxy groups -OCH3 is 2. The second kappa shape index (κ2) is 8.96. The number of ether oxygens (including phenoxy) is 3. The van der Waals surface area contributed by atoms with E-state index in [-0.39, 0.29) is 23.9 Å². The summed E-state index contributed by atoms with van der Waals surface area (Å²) in [7, 11) is 2.85. The molecular weight excluding hydrogens is 360 g/mol. The number of carbonyl (C=O) groups excluding carboxylic acids is 1. The fraction of sp³-hybridized carbons (Fsp3) is 0.222. The van der Waals surface area contributed by atoms with Crippen molar-refractivity contribution in [3.8, 4) is 23.0 Å². The Morgan fingerprint density at radius 1 is 1.23 bits per heavy atom. The van der Waals surface area contributed by atoms with Gasteiger partial charge < -0.3 is 19.3 Å². The summed E-state index contributed by atoms with van der Waals surface area (Å²) in [4.78, 5) is 11.8. The molecular formula is C18H19ClN2O5. The number of nitrogens with one attached hydrogen (secondary N) is 1. The molecule has 0 heterocycles. The Morgan fingerprint density at radius 3 is 2.46 bits per heavy atom. The Balaban J connectivity index is 1.93. The largest absolute Gasteiger partial charge is 0.502 e. The van der Waals surface area contributed by atoms with Gasteiger partial charge in [0.15, 0.2) is 18.1 Å². The van der Waals surface area contributed by atoms with Gasteiger partial charge in [-0.2, -0.15) is 5.10 Å². The van der Waals surface area contributed by atoms with Crippen molar-refractivity contribution in [3.63, 3.8) is 0 Å². The zero-order valence-corrected chi connectivity index (χ0v) is 15.3. The molecule has 0 aromatic heterocycles. The topological polar surface area (TPSA) is 89.4 Å². The van der Waals surface area contributed by atoms with Gasteiger partial charge in [-0.05, 0) is 42.8 Å². The second-order valence-corrected chi connectivity index (χ2v) is 5.67. The van der Waals surface area contributed by atoms with Gasteiger partial charge in [0.1, 0.15) is 5.75 Å². The van der Waals surface area contributed by atoms with Gasteiger partial charge in [0.25, 0.3) is 5.91 Å². The number of rotatable bonds is 7. The standard InChI is InChI=1S/C18H19ClN2O5/c1-11-6-13(4-5-14(11)19)26-10-17(22)21-20-9-12-7-15(24-2)18(23)16(8-12)25-3/h4-9,23H,10H2,1-3H3,(H,21,22)/b20-9-. The van der Waals surface area contributed by atoms with Gasteiger partial charge in [0.2, 0.25) is 5.75 Å². The monoisotopic (exact) mass is 378 g/mol. The molecule has 0 atom stereocenters. The molecule has 0 fully saturated rings. The van der Waals surface area contributed by atoms with E-state index in [2.05, 4.69) is 10.5 Å². The molecule has 0 aliphatic heterocycles. The third kappa shape index (κ3) is 5.03. The maximum atomic E-state index is 11.8. The van der Waals surface area contributed by atoms with E-state index in [0.29, 0.717) is 16.3 Å². The number of halogens is 1. The third-order valence-electron chi connectivity index (χ3n) is 3.40. The van der Waals surface area contributed by atoms with E-state index in [9.17, 15) is 9.90 Å². The third-order valence-corrected chi connectivity index (χ3v) is 3.83. The summed E-state index contributed by atoms with van der Waals surface area (Å²) in [6.07, 6.45) is 1.40. The molecule has 2 aromatic rings. The summed E-state index contributed by atoms with van der Waals surface area (Å²) < 4.78 is 15.5. The lowest BCUT2D eigenvalue weighted by atomic mass is 10.2. The molecule has 0 saturated carbocycles. The SMILES string of the molecule is COc1cc(/C=N\NC(=O)COc2ccc(Cl)c(C)c2)cc(OC)c1O. The number of carbonyl (C=O) groups is 1. The molecule has 0 bridgehead atoms. The fourth-order valence-electron chi connectivity index (χ4n) is 2.06. The zero-order valence-electron chi connectivity index (χ0n) is 14.6. The van der Waals surface area contributed by atoms with Gasteiger partial charge in [-0.1, -0.05) is 11.6 Å². The minimum absolute atomic E-state index is 0.108. The van der Waals surface area contributed by atoms with Crippen LogP contribution >= 0.6 is 11.6 Å². The van der Waals surface area contributed by atoms with Crippen molar-refractivity contribution in [2.24, 2.45) is 5.10 Å². The summed E-state index contributed by atoms with van der Waals surface area (Å²) >= 11 is 5.94. The van der Waals surface area contributed by atoms with E-state index in [1.807, 2.05) is 6.92 Å². The van der Waals surface area contributed by atoms with Crippen LogP contribution < -0.4 is 19.6 Å². The Bertz CT molecular complexity index is 798. The lowest BCUT2D eigenvalue weighted by molar-refractivity contribution is -0.123. The smallest absolute Gasteiger partial charge is 0.277 e. The maximum absolute atomic E-state index is 11.8. The predicted octanol–water partition coefficient (Wildman–Crippen LogP) is 2.90. The summed E-state index contributed by atoms with van der Waals surface area (Å²) in [5.74, 6) is 0.477. The van der Waals surface area contributed by atoms with Crippen molar-refractivity contribution in [1.82, 2.24) is 5.43 Å². The lowest BCUT2D eigenvalue weighted by Crippen LogP contribution is -2.24. The van der Waals surface area contributed by atoms with Crippen LogP contribution in [0, 0.1) is 6.92 Å². The van der Waals surface area contributed by atoms with E-state index in [0.717, 1.165) is 5.56 Å². The van der Waals surface area contributed by atoms with Crippen molar-refractivity contribution >= 4 is 23.7 Å². The van der Waals surface area contributed by atoms with E-state index in [1.54, 1.807) is 30.3 Å². The maximum Gasteiger partial charge on any atom is 0.277 e. The van der Waals surface area contributed by atoms with Crippen LogP contribution in [0.3, 0.4) is 0 Å². The van der Waals surface area contributed by atoms with Crippen LogP contribution in [0.15, 0.2) is 35.4 Å². The first-order valence-electron chi connectivity index (χ1n) is 7.60. The number of phenolic OH excluding ortho intramolecular Hbond substituents is 1. The highest BCUT2D eigenvalue weighted by Crippen LogP contribution is 2.36. The van der Waals surface area contributed by atoms with Gasteiger partial charge in [-0.25, -0.2) is 5.43 Å². The minimum Gasteiger partial charge on any atom is -0.502 e. The van der Waals surface area contributed by atoms with Crippen molar-refractivity contribution < 1.29 is 24.1 Å². The highest BCUT2D eigenvalue weighted by molar-refractivity contribution is 6.31. The number of amides is 1. The highest BCUT2D eigenvalue weighted by atomic mass is 35.5. The van der Waals surface area contributed by atoms with Crippen LogP contribution in [-0.4, -0.2) is 38.1 Å². The van der Waals surface area contributed by atoms with Gasteiger partial charge in [0.05, 0.1) is 20.4 Å². The molecule has 1 amide bonds. The number of hydrogen-bond acceptors (Lipinski definition) is 6. The first-order valence-corrected chi connectivity index (χ1v) is 7.98. The van der Waals surface area contributed by atoms with Crippen LogP contribution in [0.4, 0.5) is 0 Å². The number of phenols is 1. The van der Waals surface area contributed by atoms with Gasteiger partial charge in [-0.15, -0.1) is 0 Å². The molecule has 0 saturated heterocycles. The van der Waals surface area contributed by atoms with Crippen LogP contribution in [0.2, 0.25) is 5.02 Å². The molecule has 0 radical (unpaired) electrons. The Kier molecular flexibility index (Phi) is 6.68. The minimum atomic E-state index is -0.424. The van der Waals surface area contributed by atoms with E-state index >= 15 is 0 Å². The first kappa shape index (κ1) is 19.4. The zero-order chi connectivity index (χ0) is 19.1. The Hall–Kier alpha value is -2.93. The van der Waals surface area contributed by atoms with Gasteiger partial charge >= 0.3 is 0 Å². The molecule has 2 rings (SSSR count). The Morgan fingerprint density at radius 2 is 1.88 bits per heavy atom. The van der Waals surface area contributed by atoms with Crippen molar-refractivity contribution in [2.45, 2.75) is 6.92 Å². The summed E-state index contributed by atoms with van der Waals surface area (Å²) in [6.45, 7) is 1.65. The number of benzene rings is 2. The molecule has 0 aliphatic carbocycles. The molecule has 7 nitrogen and oxygen atoms in total. The molecule has 26 heavy (non-hydrogen) atoms. The molecule has 8 heteroatoms. The number of aromatic hydroxyl groups is 1. The number of hydrogen-bond donors (Lipinski definition) is 2. The van der Waals surface area contributed by atoms with E-state index in [4.69, 9.17) is 25.8 Å². The summed E-state index contributed by atoms with van der Waals surface area (Å²) in [6, 6.07) is 8.24. The predicted molar refractivity (Wildman–Crippen MR) is 98.6 cm³/mol. The highest BCUT2D eigenvalue weighted by Gasteiger charge is 2.10. The summed E-state index contributed by atoms with van der Waals surface area (Å²) in [5, 5.41) is 14.3.